The summed E-state index contributed by atoms with van der Waals surface area (Å²) in [6.45, 7) is 3.67. The molecule has 2 heterocycles. The van der Waals surface area contributed by atoms with E-state index in [1.165, 1.54) is 20.3 Å². The van der Waals surface area contributed by atoms with Gasteiger partial charge >= 0.3 is 0 Å². The number of H-pyrrole nitrogens is 1. The van der Waals surface area contributed by atoms with Gasteiger partial charge in [-0.25, -0.2) is 24.5 Å². The van der Waals surface area contributed by atoms with Crippen molar-refractivity contribution >= 4 is 33.4 Å². The molecule has 2 N–H and O–H groups in total. The summed E-state index contributed by atoms with van der Waals surface area (Å²) in [5.74, 6) is 2.90. The fourth-order valence-electron chi connectivity index (χ4n) is 6.18. The van der Waals surface area contributed by atoms with E-state index in [-0.39, 0.29) is 54.3 Å². The fourth-order valence-corrected chi connectivity index (χ4v) is 6.18. The number of aromatic nitrogens is 2. The molecule has 0 spiro atoms. The largest absolute Gasteiger partial charge is 0.497 e. The van der Waals surface area contributed by atoms with E-state index in [9.17, 15) is 14.4 Å². The minimum Gasteiger partial charge on any atom is -0.497 e. The number of Topliss-reactive ketones (excluding diaryl/α,β-unsaturated/α-hetero) is 2. The van der Waals surface area contributed by atoms with E-state index in [0.717, 1.165) is 54.5 Å². The Morgan fingerprint density at radius 1 is 0.784 bits per heavy atom. The molecule has 51 heavy (non-hydrogen) atoms. The molecule has 4 atom stereocenters. The number of benzene rings is 2. The maximum atomic E-state index is 11.8. The summed E-state index contributed by atoms with van der Waals surface area (Å²) >= 11 is 0. The highest BCUT2D eigenvalue weighted by atomic mass is 17.2. The second-order valence-electron chi connectivity index (χ2n) is 12.6. The number of carbonyl (C=O) groups is 2. The number of rotatable bonds is 12. The zero-order chi connectivity index (χ0) is 36.9. The first-order valence-electron chi connectivity index (χ1n) is 16.9. The molecule has 0 aliphatic heterocycles. The van der Waals surface area contributed by atoms with Gasteiger partial charge in [0.15, 0.2) is 5.43 Å². The van der Waals surface area contributed by atoms with Crippen molar-refractivity contribution in [1.82, 2.24) is 9.97 Å². The smallest absolute Gasteiger partial charge is 0.189 e. The van der Waals surface area contributed by atoms with Crippen LogP contribution in [0.2, 0.25) is 0 Å². The van der Waals surface area contributed by atoms with E-state index in [2.05, 4.69) is 19.7 Å². The minimum absolute atomic E-state index is 0.0396. The summed E-state index contributed by atoms with van der Waals surface area (Å²) in [6.07, 6.45) is 4.75. The van der Waals surface area contributed by atoms with E-state index >= 15 is 0 Å². The Labute approximate surface area is 297 Å². The maximum absolute atomic E-state index is 11.8. The lowest BCUT2D eigenvalue weighted by molar-refractivity contribution is -0.282. The van der Waals surface area contributed by atoms with E-state index < -0.39 is 0 Å². The number of pyridine rings is 2. The third-order valence-electron chi connectivity index (χ3n) is 9.01. The topological polar surface area (TPSA) is 165 Å². The van der Waals surface area contributed by atoms with Crippen molar-refractivity contribution in [2.24, 2.45) is 11.8 Å². The van der Waals surface area contributed by atoms with Crippen LogP contribution in [0.25, 0.3) is 21.8 Å². The third kappa shape index (κ3) is 11.3. The van der Waals surface area contributed by atoms with Crippen molar-refractivity contribution in [3.05, 3.63) is 70.1 Å². The number of nitrogens with one attached hydrogen (secondary N) is 1. The first kappa shape index (κ1) is 39.4. The molecule has 13 nitrogen and oxygen atoms in total. The SMILES string of the molecule is CC(=O)[C@H]1CC[C@@H](O)C1.COOCc1cc(=O)c2ccc(OC)cc2[nH]1.COOCc1cc(OC2CC[C@H](C(C)=O)C2)c2ccc(OC)cc2n1. The number of ether oxygens (including phenoxy) is 3. The van der Waals surface area contributed by atoms with Crippen LogP contribution in [-0.4, -0.2) is 67.3 Å². The number of aliphatic hydroxyl groups excluding tert-OH is 1. The molecule has 6 rings (SSSR count). The number of hydrogen-bond donors (Lipinski definition) is 2. The van der Waals surface area contributed by atoms with Gasteiger partial charge in [0.25, 0.3) is 0 Å². The van der Waals surface area contributed by atoms with Gasteiger partial charge in [0.1, 0.15) is 42.0 Å². The van der Waals surface area contributed by atoms with E-state index in [0.29, 0.717) is 34.5 Å². The van der Waals surface area contributed by atoms with Crippen LogP contribution in [0, 0.1) is 11.8 Å². The first-order valence-corrected chi connectivity index (χ1v) is 16.9. The molecule has 2 fully saturated rings. The summed E-state index contributed by atoms with van der Waals surface area (Å²) in [6, 6.07) is 14.3. The van der Waals surface area contributed by atoms with Gasteiger partial charge in [0.2, 0.25) is 0 Å². The van der Waals surface area contributed by atoms with Crippen LogP contribution in [0.4, 0.5) is 0 Å². The molecule has 2 aliphatic carbocycles. The molecule has 0 amide bonds. The summed E-state index contributed by atoms with van der Waals surface area (Å²) in [5.41, 5.74) is 2.78. The van der Waals surface area contributed by atoms with Gasteiger partial charge in [-0.05, 0) is 76.6 Å². The monoisotopic (exact) mass is 708 g/mol. The minimum atomic E-state index is -0.209. The number of aromatic amines is 1. The molecule has 0 saturated heterocycles. The Kier molecular flexibility index (Phi) is 14.9. The van der Waals surface area contributed by atoms with Crippen molar-refractivity contribution in [2.75, 3.05) is 28.4 Å². The Morgan fingerprint density at radius 3 is 2.00 bits per heavy atom. The van der Waals surface area contributed by atoms with Crippen molar-refractivity contribution in [2.45, 2.75) is 77.8 Å². The van der Waals surface area contributed by atoms with E-state index in [1.807, 2.05) is 24.3 Å². The molecule has 0 radical (unpaired) electrons. The predicted octanol–water partition coefficient (Wildman–Crippen LogP) is 5.81. The third-order valence-corrected chi connectivity index (χ3v) is 9.01. The lowest BCUT2D eigenvalue weighted by Gasteiger charge is -2.17. The molecular weight excluding hydrogens is 660 g/mol. The number of hydrogen-bond acceptors (Lipinski definition) is 12. The first-order chi connectivity index (χ1) is 24.5. The molecule has 4 aromatic rings. The van der Waals surface area contributed by atoms with Gasteiger partial charge < -0.3 is 24.3 Å². The summed E-state index contributed by atoms with van der Waals surface area (Å²) in [5, 5.41) is 10.5. The van der Waals surface area contributed by atoms with Crippen molar-refractivity contribution in [3.8, 4) is 17.2 Å². The molecule has 13 heteroatoms. The normalized spacial score (nSPS) is 19.5. The molecule has 2 saturated carbocycles. The van der Waals surface area contributed by atoms with Crippen LogP contribution >= 0.6 is 0 Å². The second-order valence-corrected chi connectivity index (χ2v) is 12.6. The molecular formula is C38H48N2O11. The second kappa shape index (κ2) is 19.3. The standard InChI is InChI=1S/C19H23NO5.C12H13NO4.C7H12O2/c1-12(21)13-4-5-16(8-13)25-19-9-14(11-24-23-3)20-18-10-15(22-2)6-7-17(18)19;1-15-9-3-4-10-11(6-9)13-8(5-12(10)14)7-17-16-2;1-5(8)6-2-3-7(9)4-6/h6-7,9-10,13,16H,4-5,8,11H2,1-3H3;3-6H,7H2,1-2H3,(H,13,14);6-7,9H,2-4H2,1H3/t13-,16?;;6-,7+/m0.0/s1. The summed E-state index contributed by atoms with van der Waals surface area (Å²) in [4.78, 5) is 60.7. The highest BCUT2D eigenvalue weighted by Gasteiger charge is 2.29. The summed E-state index contributed by atoms with van der Waals surface area (Å²) < 4.78 is 16.6. The average Bonchev–Trinajstić information content (AvgIpc) is 3.79. The van der Waals surface area contributed by atoms with Gasteiger partial charge in [-0.1, -0.05) is 0 Å². The molecule has 2 aromatic heterocycles. The average molecular weight is 709 g/mol. The van der Waals surface area contributed by atoms with Gasteiger partial charge in [-0.2, -0.15) is 0 Å². The van der Waals surface area contributed by atoms with Crippen LogP contribution in [0.3, 0.4) is 0 Å². The fraction of sp³-hybridized carbons (Fsp3) is 0.474. The number of carbonyl (C=O) groups excluding carboxylic acids is 2. The highest BCUT2D eigenvalue weighted by Crippen LogP contribution is 2.34. The van der Waals surface area contributed by atoms with Crippen LogP contribution in [0.1, 0.15) is 63.8 Å². The van der Waals surface area contributed by atoms with Crippen molar-refractivity contribution < 1.29 is 48.5 Å². The van der Waals surface area contributed by atoms with E-state index in [4.69, 9.17) is 29.1 Å². The number of aliphatic hydroxyl groups is 1. The molecule has 2 aliphatic rings. The lowest BCUT2D eigenvalue weighted by Crippen LogP contribution is -2.15. The number of nitrogens with zero attached hydrogens (tertiary/aromatic N) is 1. The van der Waals surface area contributed by atoms with Gasteiger partial charge in [-0.3, -0.25) is 14.4 Å². The van der Waals surface area contributed by atoms with Gasteiger partial charge in [0.05, 0.1) is 57.4 Å². The Balaban J connectivity index is 0.000000192. The molecule has 1 unspecified atom stereocenters. The Hall–Kier alpha value is -4.40. The Bertz CT molecular complexity index is 1830. The predicted molar refractivity (Wildman–Crippen MR) is 189 cm³/mol. The van der Waals surface area contributed by atoms with Crippen LogP contribution in [-0.2, 0) is 42.4 Å². The zero-order valence-electron chi connectivity index (χ0n) is 30.1. The van der Waals surface area contributed by atoms with E-state index in [1.54, 1.807) is 46.3 Å². The zero-order valence-corrected chi connectivity index (χ0v) is 30.1. The van der Waals surface area contributed by atoms with Crippen LogP contribution < -0.4 is 19.6 Å². The number of ketones is 2. The van der Waals surface area contributed by atoms with Crippen molar-refractivity contribution in [1.29, 1.82) is 0 Å². The van der Waals surface area contributed by atoms with Gasteiger partial charge in [-0.15, -0.1) is 0 Å². The van der Waals surface area contributed by atoms with Crippen LogP contribution in [0.5, 0.6) is 17.2 Å². The van der Waals surface area contributed by atoms with Crippen LogP contribution in [0.15, 0.2) is 53.3 Å². The molecule has 0 bridgehead atoms. The lowest BCUT2D eigenvalue weighted by atomic mass is 10.0. The molecule has 2 aromatic carbocycles. The highest BCUT2D eigenvalue weighted by molar-refractivity contribution is 5.86. The quantitative estimate of drug-likeness (QED) is 0.134. The molecule has 276 valence electrons. The summed E-state index contributed by atoms with van der Waals surface area (Å²) in [7, 11) is 6.08. The number of fused-ring (bicyclic) bond motifs is 2. The Morgan fingerprint density at radius 2 is 1.41 bits per heavy atom. The van der Waals surface area contributed by atoms with Crippen molar-refractivity contribution in [3.63, 3.8) is 0 Å². The maximum Gasteiger partial charge on any atom is 0.189 e. The van der Waals surface area contributed by atoms with Gasteiger partial charge in [0, 0.05) is 52.6 Å². The number of methoxy groups -OCH3 is 2.